The molecule has 0 aromatic heterocycles. The number of benzene rings is 1. The van der Waals surface area contributed by atoms with E-state index in [1.165, 1.54) is 16.7 Å². The molecule has 1 nitrogen and oxygen atoms in total. The number of carbonyl (C=O) groups is 1. The molecule has 0 radical (unpaired) electrons. The van der Waals surface area contributed by atoms with E-state index in [9.17, 15) is 4.79 Å². The van der Waals surface area contributed by atoms with Gasteiger partial charge < -0.3 is 4.79 Å². The van der Waals surface area contributed by atoms with Crippen LogP contribution >= 0.6 is 15.9 Å². The van der Waals surface area contributed by atoms with Gasteiger partial charge in [-0.3, -0.25) is 0 Å². The smallest absolute Gasteiger partial charge is 0.134 e. The summed E-state index contributed by atoms with van der Waals surface area (Å²) in [5.74, 6) is 0.229. The lowest BCUT2D eigenvalue weighted by Crippen LogP contribution is -2.11. The molecule has 1 aromatic carbocycles. The molecule has 2 unspecified atom stereocenters. The Kier molecular flexibility index (Phi) is 3.87. The van der Waals surface area contributed by atoms with Crippen LogP contribution in [0.3, 0.4) is 0 Å². The second-order valence-corrected chi connectivity index (χ2v) is 4.72. The molecule has 1 aromatic rings. The van der Waals surface area contributed by atoms with E-state index in [-0.39, 0.29) is 10.7 Å². The average Bonchev–Trinajstić information content (AvgIpc) is 2.20. The van der Waals surface area contributed by atoms with Crippen LogP contribution in [0.2, 0.25) is 0 Å². The summed E-state index contributed by atoms with van der Waals surface area (Å²) in [6, 6.07) is 6.22. The molecule has 2 atom stereocenters. The third-order valence-corrected chi connectivity index (χ3v) is 3.75. The van der Waals surface area contributed by atoms with Crippen LogP contribution in [0.4, 0.5) is 0 Å². The number of aldehydes is 1. The predicted octanol–water partition coefficient (Wildman–Crippen LogP) is 3.37. The first-order chi connectivity index (χ1) is 6.57. The van der Waals surface area contributed by atoms with Gasteiger partial charge in [0.15, 0.2) is 0 Å². The van der Waals surface area contributed by atoms with Gasteiger partial charge >= 0.3 is 0 Å². The van der Waals surface area contributed by atoms with Gasteiger partial charge in [0, 0.05) is 5.92 Å². The zero-order chi connectivity index (χ0) is 10.7. The average molecular weight is 255 g/mol. The predicted molar refractivity (Wildman–Crippen MR) is 63.1 cm³/mol. The van der Waals surface area contributed by atoms with Crippen LogP contribution in [0, 0.1) is 13.8 Å². The summed E-state index contributed by atoms with van der Waals surface area (Å²) in [6.45, 7) is 6.26. The van der Waals surface area contributed by atoms with Gasteiger partial charge in [0.25, 0.3) is 0 Å². The monoisotopic (exact) mass is 254 g/mol. The summed E-state index contributed by atoms with van der Waals surface area (Å²) in [7, 11) is 0. The second kappa shape index (κ2) is 4.74. The molecule has 0 aliphatic heterocycles. The Labute approximate surface area is 93.7 Å². The number of carbonyl (C=O) groups excluding carboxylic acids is 1. The molecule has 1 rings (SSSR count). The number of rotatable bonds is 3. The van der Waals surface area contributed by atoms with Crippen molar-refractivity contribution in [2.45, 2.75) is 31.5 Å². The standard InChI is InChI=1S/C12H15BrO/c1-8-5-4-6-11(9(8)2)10(3)12(13)7-14/h4-7,10,12H,1-3H3. The highest BCUT2D eigenvalue weighted by Gasteiger charge is 2.17. The fourth-order valence-corrected chi connectivity index (χ4v) is 1.84. The van der Waals surface area contributed by atoms with Crippen molar-refractivity contribution in [2.75, 3.05) is 0 Å². The first-order valence-electron chi connectivity index (χ1n) is 4.73. The Balaban J connectivity index is 3.06. The fraction of sp³-hybridized carbons (Fsp3) is 0.417. The van der Waals surface area contributed by atoms with E-state index in [2.05, 4.69) is 48.8 Å². The van der Waals surface area contributed by atoms with Crippen molar-refractivity contribution in [2.24, 2.45) is 0 Å². The Hall–Kier alpha value is -0.630. The van der Waals surface area contributed by atoms with Crippen molar-refractivity contribution in [1.82, 2.24) is 0 Å². The van der Waals surface area contributed by atoms with E-state index in [1.54, 1.807) is 0 Å². The number of aryl methyl sites for hydroxylation is 1. The highest BCUT2D eigenvalue weighted by molar-refractivity contribution is 9.10. The highest BCUT2D eigenvalue weighted by Crippen LogP contribution is 2.27. The largest absolute Gasteiger partial charge is 0.302 e. The summed E-state index contributed by atoms with van der Waals surface area (Å²) in [4.78, 5) is 10.6. The van der Waals surface area contributed by atoms with Gasteiger partial charge in [-0.2, -0.15) is 0 Å². The van der Waals surface area contributed by atoms with Gasteiger partial charge in [-0.05, 0) is 30.5 Å². The minimum absolute atomic E-state index is 0.0944. The third-order valence-electron chi connectivity index (χ3n) is 2.74. The van der Waals surface area contributed by atoms with Gasteiger partial charge in [-0.1, -0.05) is 41.1 Å². The Morgan fingerprint density at radius 2 is 2.00 bits per heavy atom. The highest BCUT2D eigenvalue weighted by atomic mass is 79.9. The summed E-state index contributed by atoms with van der Waals surface area (Å²) in [6.07, 6.45) is 0.951. The zero-order valence-corrected chi connectivity index (χ0v) is 10.3. The topological polar surface area (TPSA) is 17.1 Å². The number of halogens is 1. The molecule has 0 bridgehead atoms. The normalized spacial score (nSPS) is 14.9. The molecule has 76 valence electrons. The maximum atomic E-state index is 10.7. The van der Waals surface area contributed by atoms with Crippen LogP contribution < -0.4 is 0 Å². The van der Waals surface area contributed by atoms with Crippen molar-refractivity contribution in [3.05, 3.63) is 34.9 Å². The minimum Gasteiger partial charge on any atom is -0.302 e. The van der Waals surface area contributed by atoms with Crippen LogP contribution in [-0.4, -0.2) is 11.1 Å². The van der Waals surface area contributed by atoms with E-state index in [1.807, 2.05) is 6.07 Å². The van der Waals surface area contributed by atoms with Crippen LogP contribution in [0.25, 0.3) is 0 Å². The number of hydrogen-bond donors (Lipinski definition) is 0. The molecule has 0 saturated carbocycles. The lowest BCUT2D eigenvalue weighted by atomic mass is 9.92. The molecule has 0 N–H and O–H groups in total. The van der Waals surface area contributed by atoms with Crippen molar-refractivity contribution in [3.63, 3.8) is 0 Å². The van der Waals surface area contributed by atoms with Gasteiger partial charge in [0.2, 0.25) is 0 Å². The fourth-order valence-electron chi connectivity index (χ4n) is 1.56. The van der Waals surface area contributed by atoms with Crippen LogP contribution in [0.5, 0.6) is 0 Å². The van der Waals surface area contributed by atoms with Crippen LogP contribution in [0.1, 0.15) is 29.5 Å². The SMILES string of the molecule is Cc1cccc(C(C)C(Br)C=O)c1C. The van der Waals surface area contributed by atoms with Crippen molar-refractivity contribution >= 4 is 22.2 Å². The molecule has 0 aliphatic rings. The second-order valence-electron chi connectivity index (χ2n) is 3.66. The molecule has 14 heavy (non-hydrogen) atoms. The first kappa shape index (κ1) is 11.4. The van der Waals surface area contributed by atoms with Gasteiger partial charge in [0.05, 0.1) is 4.83 Å². The van der Waals surface area contributed by atoms with Gasteiger partial charge in [-0.15, -0.1) is 0 Å². The van der Waals surface area contributed by atoms with Crippen LogP contribution in [-0.2, 0) is 4.79 Å². The maximum absolute atomic E-state index is 10.7. The lowest BCUT2D eigenvalue weighted by molar-refractivity contribution is -0.107. The molecular weight excluding hydrogens is 240 g/mol. The molecule has 0 aliphatic carbocycles. The molecule has 0 spiro atoms. The van der Waals surface area contributed by atoms with E-state index < -0.39 is 0 Å². The molecule has 0 fully saturated rings. The van der Waals surface area contributed by atoms with E-state index in [0.29, 0.717) is 0 Å². The summed E-state index contributed by atoms with van der Waals surface area (Å²) >= 11 is 3.37. The van der Waals surface area contributed by atoms with E-state index >= 15 is 0 Å². The molecule has 0 heterocycles. The lowest BCUT2D eigenvalue weighted by Gasteiger charge is -2.17. The first-order valence-corrected chi connectivity index (χ1v) is 5.65. The molecule has 2 heteroatoms. The number of hydrogen-bond acceptors (Lipinski definition) is 1. The maximum Gasteiger partial charge on any atom is 0.134 e. The van der Waals surface area contributed by atoms with Crippen molar-refractivity contribution < 1.29 is 4.79 Å². The van der Waals surface area contributed by atoms with Gasteiger partial charge in [0.1, 0.15) is 6.29 Å². The summed E-state index contributed by atoms with van der Waals surface area (Å²) in [5.41, 5.74) is 3.81. The molecule has 0 saturated heterocycles. The molecular formula is C12H15BrO. The van der Waals surface area contributed by atoms with Crippen molar-refractivity contribution in [1.29, 1.82) is 0 Å². The third kappa shape index (κ3) is 2.24. The summed E-state index contributed by atoms with van der Waals surface area (Å²) in [5, 5.41) is 0. The Morgan fingerprint density at radius 1 is 1.36 bits per heavy atom. The number of alkyl halides is 1. The van der Waals surface area contributed by atoms with Crippen molar-refractivity contribution in [3.8, 4) is 0 Å². The van der Waals surface area contributed by atoms with E-state index in [4.69, 9.17) is 0 Å². The Morgan fingerprint density at radius 3 is 2.57 bits per heavy atom. The summed E-state index contributed by atoms with van der Waals surface area (Å²) < 4.78 is 0. The molecule has 0 amide bonds. The quantitative estimate of drug-likeness (QED) is 0.597. The van der Waals surface area contributed by atoms with Gasteiger partial charge in [-0.25, -0.2) is 0 Å². The van der Waals surface area contributed by atoms with Crippen LogP contribution in [0.15, 0.2) is 18.2 Å². The minimum atomic E-state index is -0.0944. The van der Waals surface area contributed by atoms with E-state index in [0.717, 1.165) is 6.29 Å². The Bertz CT molecular complexity index is 333. The zero-order valence-electron chi connectivity index (χ0n) is 8.75.